The lowest BCUT2D eigenvalue weighted by Gasteiger charge is -2.33. The number of benzene rings is 1. The van der Waals surface area contributed by atoms with Crippen molar-refractivity contribution >= 4 is 17.7 Å². The third kappa shape index (κ3) is 3.18. The molecule has 1 fully saturated rings. The monoisotopic (exact) mass is 322 g/mol. The summed E-state index contributed by atoms with van der Waals surface area (Å²) >= 11 is 5.94. The van der Waals surface area contributed by atoms with Crippen molar-refractivity contribution in [3.63, 3.8) is 0 Å². The van der Waals surface area contributed by atoms with Gasteiger partial charge < -0.3 is 15.3 Å². The van der Waals surface area contributed by atoms with Crippen LogP contribution in [-0.4, -0.2) is 62.0 Å². The van der Waals surface area contributed by atoms with E-state index in [-0.39, 0.29) is 6.04 Å². The number of piperazine rings is 1. The molecule has 22 heavy (non-hydrogen) atoms. The van der Waals surface area contributed by atoms with Gasteiger partial charge in [-0.15, -0.1) is 15.0 Å². The Morgan fingerprint density at radius 2 is 2.36 bits per heavy atom. The average molecular weight is 323 g/mol. The molecule has 2 aromatic rings. The van der Waals surface area contributed by atoms with Gasteiger partial charge in [-0.2, -0.15) is 0 Å². The fraction of sp³-hybridized carbons (Fsp3) is 0.385. The summed E-state index contributed by atoms with van der Waals surface area (Å²) < 4.78 is 0. The van der Waals surface area contributed by atoms with Crippen molar-refractivity contribution in [1.82, 2.24) is 30.4 Å². The summed E-state index contributed by atoms with van der Waals surface area (Å²) in [6, 6.07) is 6.93. The van der Waals surface area contributed by atoms with Crippen molar-refractivity contribution in [2.75, 3.05) is 19.6 Å². The van der Waals surface area contributed by atoms with E-state index in [1.165, 1.54) is 9.70 Å². The number of tetrazole rings is 1. The van der Waals surface area contributed by atoms with E-state index in [0.29, 0.717) is 42.6 Å². The Kier molecular flexibility index (Phi) is 4.21. The second-order valence-electron chi connectivity index (χ2n) is 5.01. The van der Waals surface area contributed by atoms with Crippen molar-refractivity contribution in [2.24, 2.45) is 0 Å². The molecule has 3 rings (SSSR count). The summed E-state index contributed by atoms with van der Waals surface area (Å²) in [5, 5.41) is 25.3. The molecule has 8 nitrogen and oxygen atoms in total. The van der Waals surface area contributed by atoms with Crippen LogP contribution in [0.5, 0.6) is 0 Å². The predicted molar refractivity (Wildman–Crippen MR) is 79.3 cm³/mol. The first-order chi connectivity index (χ1) is 10.6. The molecule has 1 aromatic carbocycles. The summed E-state index contributed by atoms with van der Waals surface area (Å²) in [5.41, 5.74) is 0.711. The van der Waals surface area contributed by atoms with E-state index in [0.717, 1.165) is 0 Å². The van der Waals surface area contributed by atoms with Crippen molar-refractivity contribution in [1.29, 1.82) is 0 Å². The Bertz CT molecular complexity index is 676. The maximum atomic E-state index is 11.2. The molecule has 1 aromatic heterocycles. The standard InChI is InChI=1S/C13H15ClN6O2/c14-9-2-1-3-10(6-9)20-17-12(16-18-20)7-11-8-15-4-5-19(11)13(21)22/h1-3,6,11,15H,4-5,7-8H2,(H,21,22). The van der Waals surface area contributed by atoms with Gasteiger partial charge in [0.25, 0.3) is 0 Å². The molecule has 0 radical (unpaired) electrons. The van der Waals surface area contributed by atoms with Crippen molar-refractivity contribution in [2.45, 2.75) is 12.5 Å². The summed E-state index contributed by atoms with van der Waals surface area (Å²) in [4.78, 5) is 14.0. The number of aromatic nitrogens is 4. The van der Waals surface area contributed by atoms with Gasteiger partial charge in [0.05, 0.1) is 11.7 Å². The van der Waals surface area contributed by atoms with Gasteiger partial charge in [-0.25, -0.2) is 4.79 Å². The molecule has 1 aliphatic rings. The molecule has 1 amide bonds. The second kappa shape index (κ2) is 6.29. The second-order valence-corrected chi connectivity index (χ2v) is 5.45. The van der Waals surface area contributed by atoms with Gasteiger partial charge in [-0.05, 0) is 23.4 Å². The molecular formula is C13H15ClN6O2. The molecule has 0 saturated carbocycles. The lowest BCUT2D eigenvalue weighted by atomic mass is 10.1. The van der Waals surface area contributed by atoms with E-state index in [1.54, 1.807) is 18.2 Å². The van der Waals surface area contributed by atoms with Crippen LogP contribution in [0.25, 0.3) is 5.69 Å². The first-order valence-electron chi connectivity index (χ1n) is 6.88. The van der Waals surface area contributed by atoms with Gasteiger partial charge >= 0.3 is 6.09 Å². The molecule has 1 saturated heterocycles. The zero-order chi connectivity index (χ0) is 15.5. The molecule has 1 atom stereocenters. The Hall–Kier alpha value is -2.19. The van der Waals surface area contributed by atoms with Crippen LogP contribution < -0.4 is 5.32 Å². The Morgan fingerprint density at radius 3 is 3.14 bits per heavy atom. The van der Waals surface area contributed by atoms with Gasteiger partial charge in [0.2, 0.25) is 0 Å². The summed E-state index contributed by atoms with van der Waals surface area (Å²) in [6.07, 6.45) is -0.506. The van der Waals surface area contributed by atoms with Crippen LogP contribution in [0.3, 0.4) is 0 Å². The number of halogens is 1. The maximum absolute atomic E-state index is 11.2. The molecule has 1 unspecified atom stereocenters. The first kappa shape index (κ1) is 14.7. The molecule has 2 heterocycles. The van der Waals surface area contributed by atoms with Crippen LogP contribution in [0.1, 0.15) is 5.82 Å². The highest BCUT2D eigenvalue weighted by Crippen LogP contribution is 2.13. The minimum Gasteiger partial charge on any atom is -0.465 e. The topological polar surface area (TPSA) is 96.2 Å². The lowest BCUT2D eigenvalue weighted by molar-refractivity contribution is 0.111. The number of rotatable bonds is 3. The van der Waals surface area contributed by atoms with E-state index in [9.17, 15) is 9.90 Å². The molecular weight excluding hydrogens is 308 g/mol. The van der Waals surface area contributed by atoms with Crippen LogP contribution in [-0.2, 0) is 6.42 Å². The highest BCUT2D eigenvalue weighted by atomic mass is 35.5. The van der Waals surface area contributed by atoms with Crippen LogP contribution in [0.15, 0.2) is 24.3 Å². The van der Waals surface area contributed by atoms with Crippen LogP contribution >= 0.6 is 11.6 Å². The van der Waals surface area contributed by atoms with Crippen molar-refractivity contribution in [3.05, 3.63) is 35.1 Å². The summed E-state index contributed by atoms with van der Waals surface area (Å²) in [7, 11) is 0. The zero-order valence-electron chi connectivity index (χ0n) is 11.7. The molecule has 116 valence electrons. The lowest BCUT2D eigenvalue weighted by Crippen LogP contribution is -2.54. The fourth-order valence-electron chi connectivity index (χ4n) is 2.44. The molecule has 0 spiro atoms. The number of hydrogen-bond donors (Lipinski definition) is 2. The average Bonchev–Trinajstić information content (AvgIpc) is 2.96. The first-order valence-corrected chi connectivity index (χ1v) is 7.26. The largest absolute Gasteiger partial charge is 0.465 e. The van der Waals surface area contributed by atoms with E-state index in [1.807, 2.05) is 6.07 Å². The highest BCUT2D eigenvalue weighted by Gasteiger charge is 2.27. The number of amides is 1. The smallest absolute Gasteiger partial charge is 0.407 e. The number of carbonyl (C=O) groups is 1. The van der Waals surface area contributed by atoms with Crippen LogP contribution in [0.2, 0.25) is 5.02 Å². The van der Waals surface area contributed by atoms with E-state index in [4.69, 9.17) is 11.6 Å². The Balaban J connectivity index is 1.75. The predicted octanol–water partition coefficient (Wildman–Crippen LogP) is 0.810. The zero-order valence-corrected chi connectivity index (χ0v) is 12.4. The van der Waals surface area contributed by atoms with Crippen LogP contribution in [0, 0.1) is 0 Å². The molecule has 0 bridgehead atoms. The van der Waals surface area contributed by atoms with Gasteiger partial charge in [-0.3, -0.25) is 0 Å². The molecule has 0 aliphatic carbocycles. The molecule has 9 heteroatoms. The van der Waals surface area contributed by atoms with Gasteiger partial charge in [-0.1, -0.05) is 17.7 Å². The summed E-state index contributed by atoms with van der Waals surface area (Å²) in [6.45, 7) is 1.70. The minimum atomic E-state index is -0.922. The quantitative estimate of drug-likeness (QED) is 0.868. The number of nitrogens with one attached hydrogen (secondary N) is 1. The Morgan fingerprint density at radius 1 is 1.50 bits per heavy atom. The SMILES string of the molecule is O=C(O)N1CCNCC1Cc1nnn(-c2cccc(Cl)c2)n1. The van der Waals surface area contributed by atoms with Gasteiger partial charge in [0.15, 0.2) is 5.82 Å². The van der Waals surface area contributed by atoms with E-state index in [2.05, 4.69) is 20.7 Å². The summed E-state index contributed by atoms with van der Waals surface area (Å²) in [5.74, 6) is 0.500. The molecule has 1 aliphatic heterocycles. The van der Waals surface area contributed by atoms with E-state index < -0.39 is 6.09 Å². The molecule has 2 N–H and O–H groups in total. The maximum Gasteiger partial charge on any atom is 0.407 e. The Labute approximate surface area is 131 Å². The normalized spacial score (nSPS) is 18.4. The van der Waals surface area contributed by atoms with Crippen LogP contribution in [0.4, 0.5) is 4.79 Å². The number of carboxylic acid groups (broad SMARTS) is 1. The fourth-order valence-corrected chi connectivity index (χ4v) is 2.63. The highest BCUT2D eigenvalue weighted by molar-refractivity contribution is 6.30. The third-order valence-electron chi connectivity index (χ3n) is 3.51. The van der Waals surface area contributed by atoms with Gasteiger partial charge in [0, 0.05) is 31.1 Å². The van der Waals surface area contributed by atoms with E-state index >= 15 is 0 Å². The minimum absolute atomic E-state index is 0.191. The number of nitrogens with zero attached hydrogens (tertiary/aromatic N) is 5. The van der Waals surface area contributed by atoms with Crippen molar-refractivity contribution < 1.29 is 9.90 Å². The third-order valence-corrected chi connectivity index (χ3v) is 3.74. The van der Waals surface area contributed by atoms with Gasteiger partial charge in [0.1, 0.15) is 0 Å². The van der Waals surface area contributed by atoms with Crippen molar-refractivity contribution in [3.8, 4) is 5.69 Å². The number of hydrogen-bond acceptors (Lipinski definition) is 5.